The maximum atomic E-state index is 3.84. The molecule has 0 heterocycles. The maximum Gasteiger partial charge on any atom is 0.0284 e. The Morgan fingerprint density at radius 1 is 1.62 bits per heavy atom. The monoisotopic (exact) mass is 111 g/mol. The van der Waals surface area contributed by atoms with Gasteiger partial charge in [-0.1, -0.05) is 6.58 Å². The van der Waals surface area contributed by atoms with E-state index in [1.165, 1.54) is 18.5 Å². The topological polar surface area (TPSA) is 3.24 Å². The van der Waals surface area contributed by atoms with E-state index in [0.717, 1.165) is 6.04 Å². The predicted octanol–water partition coefficient (Wildman–Crippen LogP) is 1.61. The van der Waals surface area contributed by atoms with E-state index in [1.807, 2.05) is 0 Å². The molecule has 1 rings (SSSR count). The summed E-state index contributed by atoms with van der Waals surface area (Å²) < 4.78 is 0. The Hall–Kier alpha value is -0.460. The molecule has 0 aliphatic heterocycles. The second-order valence-electron chi connectivity index (χ2n) is 2.58. The highest BCUT2D eigenvalue weighted by molar-refractivity contribution is 4.96. The molecule has 1 nitrogen and oxygen atoms in total. The number of nitrogens with zero attached hydrogens (tertiary/aromatic N) is 1. The average Bonchev–Trinajstić information content (AvgIpc) is 2.43. The third kappa shape index (κ3) is 1.03. The van der Waals surface area contributed by atoms with Crippen molar-refractivity contribution < 1.29 is 0 Å². The molecule has 1 saturated carbocycles. The van der Waals surface area contributed by atoms with Gasteiger partial charge in [-0.25, -0.2) is 0 Å². The first-order valence-electron chi connectivity index (χ1n) is 3.10. The number of hydrogen-bond donors (Lipinski definition) is 0. The van der Waals surface area contributed by atoms with Gasteiger partial charge in [0, 0.05) is 18.8 Å². The van der Waals surface area contributed by atoms with Crippen LogP contribution in [0.25, 0.3) is 0 Å². The van der Waals surface area contributed by atoms with Crippen LogP contribution in [0.1, 0.15) is 19.8 Å². The lowest BCUT2D eigenvalue weighted by molar-refractivity contribution is 0.410. The van der Waals surface area contributed by atoms with Crippen molar-refractivity contribution in [2.45, 2.75) is 25.8 Å². The van der Waals surface area contributed by atoms with Crippen LogP contribution in [0.5, 0.6) is 0 Å². The van der Waals surface area contributed by atoms with Crippen LogP contribution in [0.2, 0.25) is 0 Å². The molecule has 0 N–H and O–H groups in total. The zero-order valence-electron chi connectivity index (χ0n) is 5.65. The van der Waals surface area contributed by atoms with Gasteiger partial charge in [-0.2, -0.15) is 0 Å². The zero-order valence-corrected chi connectivity index (χ0v) is 5.65. The number of hydrogen-bond acceptors (Lipinski definition) is 1. The summed E-state index contributed by atoms with van der Waals surface area (Å²) in [5.74, 6) is 0. The first kappa shape index (κ1) is 5.67. The molecule has 1 fully saturated rings. The molecule has 0 bridgehead atoms. The summed E-state index contributed by atoms with van der Waals surface area (Å²) >= 11 is 0. The van der Waals surface area contributed by atoms with Gasteiger partial charge < -0.3 is 4.90 Å². The molecule has 0 aromatic rings. The van der Waals surface area contributed by atoms with Gasteiger partial charge in [-0.05, 0) is 19.8 Å². The maximum absolute atomic E-state index is 3.84. The molecule has 0 radical (unpaired) electrons. The second kappa shape index (κ2) is 1.81. The van der Waals surface area contributed by atoms with E-state index in [1.54, 1.807) is 0 Å². The van der Waals surface area contributed by atoms with Crippen molar-refractivity contribution in [3.8, 4) is 0 Å². The average molecular weight is 111 g/mol. The third-order valence-electron chi connectivity index (χ3n) is 1.70. The molecular formula is C7H13N. The van der Waals surface area contributed by atoms with E-state index in [9.17, 15) is 0 Å². The molecule has 0 atom stereocenters. The van der Waals surface area contributed by atoms with Gasteiger partial charge in [0.1, 0.15) is 0 Å². The van der Waals surface area contributed by atoms with Crippen LogP contribution in [-0.4, -0.2) is 18.0 Å². The second-order valence-corrected chi connectivity index (χ2v) is 2.58. The smallest absolute Gasteiger partial charge is 0.0284 e. The van der Waals surface area contributed by atoms with Crippen LogP contribution < -0.4 is 0 Å². The fraction of sp³-hybridized carbons (Fsp3) is 0.714. The predicted molar refractivity (Wildman–Crippen MR) is 35.6 cm³/mol. The minimum atomic E-state index is 0.826. The molecule has 0 aromatic carbocycles. The van der Waals surface area contributed by atoms with Crippen molar-refractivity contribution in [3.63, 3.8) is 0 Å². The number of rotatable bonds is 2. The molecule has 0 saturated heterocycles. The Morgan fingerprint density at radius 3 is 2.25 bits per heavy atom. The Labute approximate surface area is 51.0 Å². The van der Waals surface area contributed by atoms with E-state index >= 15 is 0 Å². The molecule has 1 aliphatic rings. The summed E-state index contributed by atoms with van der Waals surface area (Å²) in [6.07, 6.45) is 2.73. The third-order valence-corrected chi connectivity index (χ3v) is 1.70. The fourth-order valence-corrected chi connectivity index (χ4v) is 0.774. The lowest BCUT2D eigenvalue weighted by Crippen LogP contribution is -2.16. The van der Waals surface area contributed by atoms with Crippen LogP contribution in [0.4, 0.5) is 0 Å². The highest BCUT2D eigenvalue weighted by Crippen LogP contribution is 2.27. The van der Waals surface area contributed by atoms with Crippen LogP contribution in [0, 0.1) is 0 Å². The first-order chi connectivity index (χ1) is 3.72. The van der Waals surface area contributed by atoms with Gasteiger partial charge in [0.2, 0.25) is 0 Å². The van der Waals surface area contributed by atoms with Gasteiger partial charge >= 0.3 is 0 Å². The Kier molecular flexibility index (Phi) is 1.28. The highest BCUT2D eigenvalue weighted by atomic mass is 15.2. The normalized spacial score (nSPS) is 18.2. The Bertz CT molecular complexity index is 103. The summed E-state index contributed by atoms with van der Waals surface area (Å²) in [4.78, 5) is 2.25. The van der Waals surface area contributed by atoms with Gasteiger partial charge in [-0.15, -0.1) is 0 Å². The van der Waals surface area contributed by atoms with Crippen molar-refractivity contribution in [3.05, 3.63) is 12.3 Å². The molecule has 0 aromatic heterocycles. The van der Waals surface area contributed by atoms with Crippen molar-refractivity contribution in [2.24, 2.45) is 0 Å². The van der Waals surface area contributed by atoms with E-state index in [4.69, 9.17) is 0 Å². The fourth-order valence-electron chi connectivity index (χ4n) is 0.774. The minimum absolute atomic E-state index is 0.826. The summed E-state index contributed by atoms with van der Waals surface area (Å²) in [6, 6.07) is 0.826. The van der Waals surface area contributed by atoms with Crippen molar-refractivity contribution in [1.82, 2.24) is 4.90 Å². The van der Waals surface area contributed by atoms with Gasteiger partial charge in [-0.3, -0.25) is 0 Å². The summed E-state index contributed by atoms with van der Waals surface area (Å²) in [6.45, 7) is 5.90. The lowest BCUT2D eigenvalue weighted by atomic mass is 10.4. The molecule has 0 spiro atoms. The number of allylic oxidation sites excluding steroid dienone is 1. The van der Waals surface area contributed by atoms with E-state index in [2.05, 4.69) is 25.5 Å². The standard InChI is InChI=1S/C7H13N/c1-6(2)8(3)7-4-5-7/h7H,1,4-5H2,2-3H3. The molecule has 8 heavy (non-hydrogen) atoms. The summed E-state index contributed by atoms with van der Waals surface area (Å²) in [5.41, 5.74) is 1.19. The largest absolute Gasteiger partial charge is 0.376 e. The first-order valence-corrected chi connectivity index (χ1v) is 3.10. The molecule has 46 valence electrons. The highest BCUT2D eigenvalue weighted by Gasteiger charge is 2.25. The van der Waals surface area contributed by atoms with Crippen molar-refractivity contribution in [2.75, 3.05) is 7.05 Å². The SMILES string of the molecule is C=C(C)N(C)C1CC1. The molecule has 1 aliphatic carbocycles. The lowest BCUT2D eigenvalue weighted by Gasteiger charge is -2.16. The quantitative estimate of drug-likeness (QED) is 0.523. The molecule has 0 unspecified atom stereocenters. The van der Waals surface area contributed by atoms with E-state index in [-0.39, 0.29) is 0 Å². The van der Waals surface area contributed by atoms with Crippen molar-refractivity contribution >= 4 is 0 Å². The van der Waals surface area contributed by atoms with Gasteiger partial charge in [0.05, 0.1) is 0 Å². The van der Waals surface area contributed by atoms with Crippen LogP contribution in [-0.2, 0) is 0 Å². The van der Waals surface area contributed by atoms with Gasteiger partial charge in [0.15, 0.2) is 0 Å². The van der Waals surface area contributed by atoms with Crippen LogP contribution >= 0.6 is 0 Å². The Morgan fingerprint density at radius 2 is 2.12 bits per heavy atom. The molecule has 1 heteroatoms. The van der Waals surface area contributed by atoms with Crippen molar-refractivity contribution in [1.29, 1.82) is 0 Å². The summed E-state index contributed by atoms with van der Waals surface area (Å²) in [7, 11) is 2.11. The molecular weight excluding hydrogens is 98.1 g/mol. The van der Waals surface area contributed by atoms with Crippen LogP contribution in [0.3, 0.4) is 0 Å². The van der Waals surface area contributed by atoms with E-state index < -0.39 is 0 Å². The van der Waals surface area contributed by atoms with Gasteiger partial charge in [0.25, 0.3) is 0 Å². The van der Waals surface area contributed by atoms with E-state index in [0.29, 0.717) is 0 Å². The van der Waals surface area contributed by atoms with Crippen LogP contribution in [0.15, 0.2) is 12.3 Å². The zero-order chi connectivity index (χ0) is 6.15. The molecule has 0 amide bonds. The minimum Gasteiger partial charge on any atom is -0.376 e. The summed E-state index contributed by atoms with van der Waals surface area (Å²) in [5, 5.41) is 0. The Balaban J connectivity index is 2.32.